The number of pyridine rings is 2. The van der Waals surface area contributed by atoms with Crippen LogP contribution in [0.1, 0.15) is 23.7 Å². The summed E-state index contributed by atoms with van der Waals surface area (Å²) in [5.41, 5.74) is 3.14. The first-order valence-electron chi connectivity index (χ1n) is 10.9. The lowest BCUT2D eigenvalue weighted by Gasteiger charge is -2.25. The van der Waals surface area contributed by atoms with Crippen molar-refractivity contribution >= 4 is 17.4 Å². The second-order valence-electron chi connectivity index (χ2n) is 7.63. The molecule has 0 bridgehead atoms. The summed E-state index contributed by atoms with van der Waals surface area (Å²) in [6, 6.07) is 16.7. The molecule has 0 saturated carbocycles. The summed E-state index contributed by atoms with van der Waals surface area (Å²) in [7, 11) is 1.56. The number of para-hydroxylation sites is 1. The number of nitrogens with zero attached hydrogens (tertiary/aromatic N) is 4. The third-order valence-electron chi connectivity index (χ3n) is 5.68. The van der Waals surface area contributed by atoms with Crippen molar-refractivity contribution in [2.24, 2.45) is 0 Å². The molecule has 0 spiro atoms. The first-order chi connectivity index (χ1) is 16.1. The second kappa shape index (κ2) is 10.1. The van der Waals surface area contributed by atoms with Crippen molar-refractivity contribution in [2.75, 3.05) is 20.2 Å². The predicted molar refractivity (Wildman–Crippen MR) is 125 cm³/mol. The maximum atomic E-state index is 13.6. The minimum Gasteiger partial charge on any atom is -0.496 e. The van der Waals surface area contributed by atoms with Gasteiger partial charge >= 0.3 is 0 Å². The van der Waals surface area contributed by atoms with Gasteiger partial charge in [0.25, 0.3) is 11.8 Å². The van der Waals surface area contributed by atoms with Gasteiger partial charge in [0.05, 0.1) is 24.9 Å². The van der Waals surface area contributed by atoms with Gasteiger partial charge in [0.2, 0.25) is 0 Å². The van der Waals surface area contributed by atoms with E-state index in [2.05, 4.69) is 9.97 Å². The quantitative estimate of drug-likeness (QED) is 0.473. The molecule has 0 unspecified atom stereocenters. The Kier molecular flexibility index (Phi) is 6.78. The topological polar surface area (TPSA) is 75.6 Å². The van der Waals surface area contributed by atoms with Crippen LogP contribution >= 0.6 is 0 Å². The van der Waals surface area contributed by atoms with E-state index in [0.29, 0.717) is 41.4 Å². The van der Waals surface area contributed by atoms with Gasteiger partial charge in [-0.1, -0.05) is 24.3 Å². The molecule has 7 heteroatoms. The van der Waals surface area contributed by atoms with Crippen molar-refractivity contribution in [3.8, 4) is 5.75 Å². The summed E-state index contributed by atoms with van der Waals surface area (Å²) in [5.74, 6) is -0.105. The van der Waals surface area contributed by atoms with Gasteiger partial charge in [-0.3, -0.25) is 24.5 Å². The molecular formula is C26H26N4O3. The number of hydrogen-bond donors (Lipinski definition) is 0. The number of amides is 2. The van der Waals surface area contributed by atoms with Crippen molar-refractivity contribution in [2.45, 2.75) is 19.9 Å². The largest absolute Gasteiger partial charge is 0.496 e. The number of rotatable bonds is 9. The smallest absolute Gasteiger partial charge is 0.278 e. The molecule has 0 fully saturated rings. The monoisotopic (exact) mass is 442 g/mol. The highest BCUT2D eigenvalue weighted by Crippen LogP contribution is 2.36. The SMILES string of the molecule is CCN(CCc1ccncc1)C1=C(c2ccccc2OC)C(=O)N(Cc2ccccn2)C1=O. The fourth-order valence-electron chi connectivity index (χ4n) is 3.99. The molecular weight excluding hydrogens is 416 g/mol. The molecule has 7 nitrogen and oxygen atoms in total. The van der Waals surface area contributed by atoms with Crippen LogP contribution in [0.25, 0.3) is 5.57 Å². The number of imide groups is 1. The van der Waals surface area contributed by atoms with E-state index < -0.39 is 0 Å². The van der Waals surface area contributed by atoms with Crippen molar-refractivity contribution in [1.29, 1.82) is 0 Å². The molecule has 0 aliphatic carbocycles. The minimum absolute atomic E-state index is 0.114. The Hall–Kier alpha value is -4.00. The first-order valence-corrected chi connectivity index (χ1v) is 10.9. The number of carbonyl (C=O) groups is 2. The number of ether oxygens (including phenoxy) is 1. The van der Waals surface area contributed by atoms with Gasteiger partial charge < -0.3 is 9.64 Å². The Balaban J connectivity index is 1.74. The van der Waals surface area contributed by atoms with Gasteiger partial charge in [0.15, 0.2) is 0 Å². The fraction of sp³-hybridized carbons (Fsp3) is 0.231. The Morgan fingerprint density at radius 1 is 0.939 bits per heavy atom. The lowest BCUT2D eigenvalue weighted by Crippen LogP contribution is -2.35. The Labute approximate surface area is 193 Å². The highest BCUT2D eigenvalue weighted by atomic mass is 16.5. The van der Waals surface area contributed by atoms with Gasteiger partial charge in [-0.2, -0.15) is 0 Å². The molecule has 0 radical (unpaired) electrons. The van der Waals surface area contributed by atoms with Gasteiger partial charge in [-0.15, -0.1) is 0 Å². The van der Waals surface area contributed by atoms with Crippen molar-refractivity contribution in [3.05, 3.63) is 95.7 Å². The van der Waals surface area contributed by atoms with Crippen molar-refractivity contribution in [1.82, 2.24) is 19.8 Å². The van der Waals surface area contributed by atoms with E-state index in [1.165, 1.54) is 4.90 Å². The zero-order valence-electron chi connectivity index (χ0n) is 18.8. The van der Waals surface area contributed by atoms with E-state index in [1.54, 1.807) is 37.8 Å². The van der Waals surface area contributed by atoms with E-state index >= 15 is 0 Å². The molecule has 3 aromatic rings. The van der Waals surface area contributed by atoms with Crippen molar-refractivity contribution < 1.29 is 14.3 Å². The molecule has 2 amide bonds. The Morgan fingerprint density at radius 2 is 1.70 bits per heavy atom. The van der Waals surface area contributed by atoms with Crippen LogP contribution in [0.4, 0.5) is 0 Å². The Bertz CT molecular complexity index is 1160. The number of benzene rings is 1. The first kappa shape index (κ1) is 22.2. The highest BCUT2D eigenvalue weighted by Gasteiger charge is 2.42. The molecule has 1 aliphatic heterocycles. The maximum Gasteiger partial charge on any atom is 0.278 e. The van der Waals surface area contributed by atoms with Crippen LogP contribution in [-0.2, 0) is 22.6 Å². The number of likely N-dealkylation sites (N-methyl/N-ethyl adjacent to an activating group) is 1. The van der Waals surface area contributed by atoms with Crippen LogP contribution in [0.3, 0.4) is 0 Å². The number of aromatic nitrogens is 2. The Morgan fingerprint density at radius 3 is 2.39 bits per heavy atom. The van der Waals surface area contributed by atoms with Crippen LogP contribution < -0.4 is 4.74 Å². The van der Waals surface area contributed by atoms with E-state index in [9.17, 15) is 9.59 Å². The third-order valence-corrected chi connectivity index (χ3v) is 5.68. The molecule has 1 aliphatic rings. The molecule has 2 aromatic heterocycles. The summed E-state index contributed by atoms with van der Waals surface area (Å²) in [6.45, 7) is 3.27. The summed E-state index contributed by atoms with van der Waals surface area (Å²) in [5, 5.41) is 0. The summed E-state index contributed by atoms with van der Waals surface area (Å²) in [4.78, 5) is 38.9. The number of hydrogen-bond acceptors (Lipinski definition) is 6. The van der Waals surface area contributed by atoms with E-state index in [4.69, 9.17) is 4.74 Å². The van der Waals surface area contributed by atoms with Crippen LogP contribution in [0.2, 0.25) is 0 Å². The van der Waals surface area contributed by atoms with Crippen molar-refractivity contribution in [3.63, 3.8) is 0 Å². The van der Waals surface area contributed by atoms with Crippen LogP contribution in [0.5, 0.6) is 5.75 Å². The molecule has 1 aromatic carbocycles. The third kappa shape index (κ3) is 4.62. The standard InChI is InChI=1S/C26H26N4O3/c1-3-29(17-13-19-11-15-27-16-12-19)24-23(21-9-4-5-10-22(21)33-2)25(31)30(26(24)32)18-20-8-6-7-14-28-20/h4-12,14-16H,3,13,17-18H2,1-2H3. The van der Waals surface area contributed by atoms with Crippen LogP contribution in [-0.4, -0.2) is 51.8 Å². The summed E-state index contributed by atoms with van der Waals surface area (Å²) in [6.07, 6.45) is 5.89. The normalized spacial score (nSPS) is 13.6. The maximum absolute atomic E-state index is 13.6. The van der Waals surface area contributed by atoms with E-state index in [-0.39, 0.29) is 18.4 Å². The van der Waals surface area contributed by atoms with Gasteiger partial charge in [0, 0.05) is 37.2 Å². The summed E-state index contributed by atoms with van der Waals surface area (Å²) < 4.78 is 5.53. The van der Waals surface area contributed by atoms with Crippen LogP contribution in [0, 0.1) is 0 Å². The van der Waals surface area contributed by atoms with E-state index in [1.807, 2.05) is 54.3 Å². The zero-order valence-corrected chi connectivity index (χ0v) is 18.8. The fourth-order valence-corrected chi connectivity index (χ4v) is 3.99. The lowest BCUT2D eigenvalue weighted by atomic mass is 10.0. The van der Waals surface area contributed by atoms with Gasteiger partial charge in [-0.05, 0) is 49.2 Å². The predicted octanol–water partition coefficient (Wildman–Crippen LogP) is 3.33. The second-order valence-corrected chi connectivity index (χ2v) is 7.63. The van der Waals surface area contributed by atoms with E-state index in [0.717, 1.165) is 12.0 Å². The van der Waals surface area contributed by atoms with Gasteiger partial charge in [0.1, 0.15) is 11.4 Å². The lowest BCUT2D eigenvalue weighted by molar-refractivity contribution is -0.138. The molecule has 0 atom stereocenters. The molecule has 0 saturated heterocycles. The highest BCUT2D eigenvalue weighted by molar-refractivity contribution is 6.35. The molecule has 3 heterocycles. The molecule has 4 rings (SSSR count). The molecule has 0 N–H and O–H groups in total. The summed E-state index contributed by atoms with van der Waals surface area (Å²) >= 11 is 0. The average Bonchev–Trinajstić information content (AvgIpc) is 3.10. The number of methoxy groups -OCH3 is 1. The van der Waals surface area contributed by atoms with Gasteiger partial charge in [-0.25, -0.2) is 0 Å². The molecule has 33 heavy (non-hydrogen) atoms. The zero-order chi connectivity index (χ0) is 23.2. The minimum atomic E-state index is -0.340. The molecule has 168 valence electrons. The average molecular weight is 443 g/mol. The van der Waals surface area contributed by atoms with Crippen LogP contribution in [0.15, 0.2) is 78.9 Å². The number of carbonyl (C=O) groups excluding carboxylic acids is 2.